The van der Waals surface area contributed by atoms with Crippen LogP contribution >= 0.6 is 0 Å². The third-order valence-corrected chi connectivity index (χ3v) is 4.64. The fraction of sp³-hybridized carbons (Fsp3) is 0.412. The number of carboxylic acid groups (broad SMARTS) is 1. The van der Waals surface area contributed by atoms with Gasteiger partial charge in [0.25, 0.3) is 0 Å². The number of aryl methyl sites for hydroxylation is 1. The summed E-state index contributed by atoms with van der Waals surface area (Å²) in [5, 5.41) is 9.25. The number of rotatable bonds is 4. The number of nitrogens with zero attached hydrogens (tertiary/aromatic N) is 3. The lowest BCUT2D eigenvalue weighted by Gasteiger charge is -2.20. The van der Waals surface area contributed by atoms with Crippen LogP contribution in [0.1, 0.15) is 23.4 Å². The van der Waals surface area contributed by atoms with Gasteiger partial charge in [0.15, 0.2) is 0 Å². The summed E-state index contributed by atoms with van der Waals surface area (Å²) in [6.07, 6.45) is 4.09. The summed E-state index contributed by atoms with van der Waals surface area (Å²) in [6.45, 7) is 5.96. The number of hydrogen-bond donors (Lipinski definition) is 2. The molecule has 0 spiro atoms. The maximum Gasteiger partial charge on any atom is 0.325 e. The van der Waals surface area contributed by atoms with Crippen LogP contribution < -0.4 is 5.73 Å². The van der Waals surface area contributed by atoms with Crippen LogP contribution in [0.4, 0.5) is 0 Å². The van der Waals surface area contributed by atoms with Gasteiger partial charge in [0.05, 0.1) is 11.9 Å². The molecule has 0 saturated carbocycles. The van der Waals surface area contributed by atoms with Crippen LogP contribution in [0.3, 0.4) is 0 Å². The molecule has 122 valence electrons. The Kier molecular flexibility index (Phi) is 3.95. The molecule has 1 aliphatic rings. The minimum atomic E-state index is -1.12. The van der Waals surface area contributed by atoms with Gasteiger partial charge in [0, 0.05) is 37.2 Å². The fourth-order valence-corrected chi connectivity index (χ4v) is 3.34. The molecule has 0 aliphatic carbocycles. The molecular weight excluding hydrogens is 292 g/mol. The lowest BCUT2D eigenvalue weighted by Crippen LogP contribution is -2.50. The summed E-state index contributed by atoms with van der Waals surface area (Å²) >= 11 is 0. The smallest absolute Gasteiger partial charge is 0.325 e. The van der Waals surface area contributed by atoms with E-state index in [0.717, 1.165) is 17.1 Å². The second-order valence-electron chi connectivity index (χ2n) is 6.36. The van der Waals surface area contributed by atoms with E-state index in [1.807, 2.05) is 18.3 Å². The van der Waals surface area contributed by atoms with Crippen molar-refractivity contribution in [1.82, 2.24) is 14.5 Å². The number of carboxylic acids is 1. The van der Waals surface area contributed by atoms with E-state index < -0.39 is 11.5 Å². The molecule has 0 bridgehead atoms. The van der Waals surface area contributed by atoms with Gasteiger partial charge in [-0.2, -0.15) is 0 Å². The number of aromatic nitrogens is 2. The molecule has 1 fully saturated rings. The first-order valence-electron chi connectivity index (χ1n) is 7.73. The van der Waals surface area contributed by atoms with Crippen molar-refractivity contribution in [2.24, 2.45) is 5.73 Å². The predicted molar refractivity (Wildman–Crippen MR) is 87.5 cm³/mol. The Balaban J connectivity index is 1.82. The van der Waals surface area contributed by atoms with Crippen molar-refractivity contribution in [1.29, 1.82) is 0 Å². The standard InChI is InChI=1S/C17H22N4O2/c1-12-8-14(10-20-7-5-17(18,11-20)16(22)23)13(2)21(12)15-4-3-6-19-9-15/h3-4,6,8-9H,5,7,10-11,18H2,1-2H3,(H,22,23). The van der Waals surface area contributed by atoms with Gasteiger partial charge in [0.1, 0.15) is 5.54 Å². The third kappa shape index (κ3) is 2.87. The molecular formula is C17H22N4O2. The number of hydrogen-bond acceptors (Lipinski definition) is 4. The molecule has 3 rings (SSSR count). The zero-order valence-corrected chi connectivity index (χ0v) is 13.5. The summed E-state index contributed by atoms with van der Waals surface area (Å²) in [5.41, 5.74) is 9.36. The van der Waals surface area contributed by atoms with Crippen molar-refractivity contribution in [2.45, 2.75) is 32.4 Å². The number of pyridine rings is 1. The molecule has 6 heteroatoms. The number of likely N-dealkylation sites (tertiary alicyclic amines) is 1. The highest BCUT2D eigenvalue weighted by molar-refractivity contribution is 5.79. The van der Waals surface area contributed by atoms with Crippen LogP contribution in [0.5, 0.6) is 0 Å². The third-order valence-electron chi connectivity index (χ3n) is 4.64. The van der Waals surface area contributed by atoms with Gasteiger partial charge < -0.3 is 15.4 Å². The van der Waals surface area contributed by atoms with Gasteiger partial charge >= 0.3 is 5.97 Å². The summed E-state index contributed by atoms with van der Waals surface area (Å²) < 4.78 is 2.17. The summed E-state index contributed by atoms with van der Waals surface area (Å²) in [5.74, 6) is -0.916. The van der Waals surface area contributed by atoms with Gasteiger partial charge in [-0.3, -0.25) is 14.7 Å². The van der Waals surface area contributed by atoms with Crippen LogP contribution in [0.25, 0.3) is 5.69 Å². The van der Waals surface area contributed by atoms with E-state index in [4.69, 9.17) is 5.73 Å². The Morgan fingerprint density at radius 2 is 2.26 bits per heavy atom. The lowest BCUT2D eigenvalue weighted by molar-refractivity contribution is -0.142. The summed E-state index contributed by atoms with van der Waals surface area (Å²) in [7, 11) is 0. The average Bonchev–Trinajstić information content (AvgIpc) is 3.02. The van der Waals surface area contributed by atoms with Crippen molar-refractivity contribution < 1.29 is 9.90 Å². The SMILES string of the molecule is Cc1cc(CN2CCC(N)(C(=O)O)C2)c(C)n1-c1cccnc1. The van der Waals surface area contributed by atoms with Crippen LogP contribution in [-0.2, 0) is 11.3 Å². The molecule has 0 aromatic carbocycles. The van der Waals surface area contributed by atoms with E-state index in [9.17, 15) is 9.90 Å². The summed E-state index contributed by atoms with van der Waals surface area (Å²) in [6, 6.07) is 6.10. The van der Waals surface area contributed by atoms with E-state index in [1.165, 1.54) is 5.56 Å². The minimum absolute atomic E-state index is 0.388. The van der Waals surface area contributed by atoms with E-state index in [-0.39, 0.29) is 0 Å². The molecule has 3 N–H and O–H groups in total. The number of aliphatic carboxylic acids is 1. The van der Waals surface area contributed by atoms with E-state index in [0.29, 0.717) is 26.1 Å². The second-order valence-corrected chi connectivity index (χ2v) is 6.36. The second kappa shape index (κ2) is 5.79. The van der Waals surface area contributed by atoms with E-state index >= 15 is 0 Å². The van der Waals surface area contributed by atoms with Crippen LogP contribution in [0.15, 0.2) is 30.6 Å². The van der Waals surface area contributed by atoms with Crippen LogP contribution in [-0.4, -0.2) is 44.2 Å². The van der Waals surface area contributed by atoms with Gasteiger partial charge in [-0.25, -0.2) is 0 Å². The van der Waals surface area contributed by atoms with Gasteiger partial charge in [-0.15, -0.1) is 0 Å². The zero-order chi connectivity index (χ0) is 16.6. The lowest BCUT2D eigenvalue weighted by atomic mass is 10.0. The fourth-order valence-electron chi connectivity index (χ4n) is 3.34. The Bertz CT molecular complexity index is 726. The van der Waals surface area contributed by atoms with E-state index in [1.54, 1.807) is 6.20 Å². The Hall–Kier alpha value is -2.18. The largest absolute Gasteiger partial charge is 0.480 e. The van der Waals surface area contributed by atoms with Crippen LogP contribution in [0, 0.1) is 13.8 Å². The Morgan fingerprint density at radius 3 is 2.87 bits per heavy atom. The highest BCUT2D eigenvalue weighted by Crippen LogP contribution is 2.25. The maximum atomic E-state index is 11.3. The van der Waals surface area contributed by atoms with Gasteiger partial charge in [-0.05, 0) is 44.0 Å². The van der Waals surface area contributed by atoms with Crippen molar-refractivity contribution >= 4 is 5.97 Å². The molecule has 3 heterocycles. The highest BCUT2D eigenvalue weighted by Gasteiger charge is 2.41. The molecule has 0 radical (unpaired) electrons. The number of nitrogens with two attached hydrogens (primary N) is 1. The quantitative estimate of drug-likeness (QED) is 0.893. The monoisotopic (exact) mass is 314 g/mol. The van der Waals surface area contributed by atoms with Crippen molar-refractivity contribution in [3.8, 4) is 5.69 Å². The molecule has 1 atom stereocenters. The predicted octanol–water partition coefficient (Wildman–Crippen LogP) is 1.48. The number of carbonyl (C=O) groups is 1. The van der Waals surface area contributed by atoms with Crippen molar-refractivity contribution in [3.05, 3.63) is 47.5 Å². The first-order valence-corrected chi connectivity index (χ1v) is 7.73. The van der Waals surface area contributed by atoms with Crippen molar-refractivity contribution in [3.63, 3.8) is 0 Å². The molecule has 23 heavy (non-hydrogen) atoms. The normalized spacial score (nSPS) is 21.7. The molecule has 1 aliphatic heterocycles. The first-order chi connectivity index (χ1) is 10.9. The molecule has 2 aromatic rings. The van der Waals surface area contributed by atoms with Crippen LogP contribution in [0.2, 0.25) is 0 Å². The van der Waals surface area contributed by atoms with Crippen molar-refractivity contribution in [2.75, 3.05) is 13.1 Å². The molecule has 0 amide bonds. The van der Waals surface area contributed by atoms with Gasteiger partial charge in [-0.1, -0.05) is 0 Å². The maximum absolute atomic E-state index is 11.3. The molecule has 1 unspecified atom stereocenters. The minimum Gasteiger partial charge on any atom is -0.480 e. The summed E-state index contributed by atoms with van der Waals surface area (Å²) in [4.78, 5) is 17.6. The average molecular weight is 314 g/mol. The topological polar surface area (TPSA) is 84.4 Å². The van der Waals surface area contributed by atoms with E-state index in [2.05, 4.69) is 34.4 Å². The molecule has 6 nitrogen and oxygen atoms in total. The highest BCUT2D eigenvalue weighted by atomic mass is 16.4. The molecule has 2 aromatic heterocycles. The Labute approximate surface area is 135 Å². The molecule has 1 saturated heterocycles. The zero-order valence-electron chi connectivity index (χ0n) is 13.5. The first kappa shape index (κ1) is 15.7. The Morgan fingerprint density at radius 1 is 1.48 bits per heavy atom. The van der Waals surface area contributed by atoms with Gasteiger partial charge in [0.2, 0.25) is 0 Å².